The van der Waals surface area contributed by atoms with Crippen LogP contribution in [0.3, 0.4) is 0 Å². The zero-order valence-electron chi connectivity index (χ0n) is 17.4. The molecule has 0 aromatic heterocycles. The van der Waals surface area contributed by atoms with Crippen molar-refractivity contribution in [2.45, 2.75) is 52.6 Å². The lowest BCUT2D eigenvalue weighted by molar-refractivity contribution is 0.116. The van der Waals surface area contributed by atoms with Gasteiger partial charge in [0.2, 0.25) is 0 Å². The van der Waals surface area contributed by atoms with Crippen molar-refractivity contribution in [1.29, 1.82) is 0 Å². The predicted octanol–water partition coefficient (Wildman–Crippen LogP) is 7.05. The molecule has 0 saturated heterocycles. The molecule has 1 aliphatic rings. The highest BCUT2D eigenvalue weighted by Gasteiger charge is 2.23. The highest BCUT2D eigenvalue weighted by Crippen LogP contribution is 2.32. The first kappa shape index (κ1) is 20.4. The molecule has 0 spiro atoms. The molecule has 0 bridgehead atoms. The van der Waals surface area contributed by atoms with Crippen LogP contribution in [-0.4, -0.2) is 17.8 Å². The summed E-state index contributed by atoms with van der Waals surface area (Å²) < 4.78 is 5.99. The lowest BCUT2D eigenvalue weighted by Gasteiger charge is -2.19. The summed E-state index contributed by atoms with van der Waals surface area (Å²) >= 11 is 0. The van der Waals surface area contributed by atoms with Gasteiger partial charge in [0.05, 0.1) is 12.7 Å². The second kappa shape index (κ2) is 9.25. The fourth-order valence-electron chi connectivity index (χ4n) is 3.94. The fourth-order valence-corrected chi connectivity index (χ4v) is 3.94. The average molecular weight is 377 g/mol. The maximum Gasteiger partial charge on any atom is 0.123 e. The molecule has 0 radical (unpaired) electrons. The van der Waals surface area contributed by atoms with Crippen molar-refractivity contribution in [1.82, 2.24) is 0 Å². The summed E-state index contributed by atoms with van der Waals surface area (Å²) in [7, 11) is 0. The molecule has 2 aromatic carbocycles. The largest absolute Gasteiger partial charge is 0.507 e. The number of allylic oxidation sites excluding steroid dienone is 1. The molecular weight excluding hydrogens is 344 g/mol. The third-order valence-corrected chi connectivity index (χ3v) is 5.61. The van der Waals surface area contributed by atoms with E-state index in [2.05, 4.69) is 45.6 Å². The van der Waals surface area contributed by atoms with Crippen LogP contribution in [-0.2, 0) is 4.74 Å². The summed E-state index contributed by atoms with van der Waals surface area (Å²) in [6, 6.07) is 11.9. The zero-order chi connectivity index (χ0) is 20.1. The Morgan fingerprint density at radius 3 is 2.64 bits per heavy atom. The van der Waals surface area contributed by atoms with E-state index in [1.165, 1.54) is 22.3 Å². The lowest BCUT2D eigenvalue weighted by Crippen LogP contribution is -2.13. The van der Waals surface area contributed by atoms with Crippen LogP contribution in [0.15, 0.2) is 65.8 Å². The van der Waals surface area contributed by atoms with E-state index in [0.29, 0.717) is 18.3 Å². The van der Waals surface area contributed by atoms with Crippen molar-refractivity contribution in [3.8, 4) is 5.75 Å². The van der Waals surface area contributed by atoms with Gasteiger partial charge in [-0.3, -0.25) is 0 Å². The molecule has 3 rings (SSSR count). The Bertz CT molecular complexity index is 902. The minimum absolute atomic E-state index is 0.159. The summed E-state index contributed by atoms with van der Waals surface area (Å²) in [6.45, 7) is 11.6. The van der Waals surface area contributed by atoms with Gasteiger partial charge in [-0.05, 0) is 53.3 Å². The van der Waals surface area contributed by atoms with Gasteiger partial charge < -0.3 is 9.84 Å². The number of phenols is 1. The molecule has 0 fully saturated rings. The van der Waals surface area contributed by atoms with Crippen molar-refractivity contribution < 1.29 is 9.84 Å². The molecule has 0 saturated carbocycles. The summed E-state index contributed by atoms with van der Waals surface area (Å²) in [6.07, 6.45) is 8.85. The van der Waals surface area contributed by atoms with Crippen molar-refractivity contribution in [3.05, 3.63) is 71.3 Å². The van der Waals surface area contributed by atoms with E-state index in [0.717, 1.165) is 36.5 Å². The van der Waals surface area contributed by atoms with E-state index in [9.17, 15) is 5.11 Å². The number of ether oxygens (including phenoxy) is 1. The van der Waals surface area contributed by atoms with Gasteiger partial charge >= 0.3 is 0 Å². The van der Waals surface area contributed by atoms with Crippen LogP contribution in [0.4, 0.5) is 0 Å². The SMILES string of the molecule is C=C(C1=CCOC1CC/C(=C/c1ccc(O)c2ccccc12)CCC)C(C)C. The van der Waals surface area contributed by atoms with Crippen molar-refractivity contribution >= 4 is 16.8 Å². The van der Waals surface area contributed by atoms with E-state index < -0.39 is 0 Å². The highest BCUT2D eigenvalue weighted by molar-refractivity contribution is 5.94. The molecule has 2 nitrogen and oxygen atoms in total. The molecule has 1 unspecified atom stereocenters. The topological polar surface area (TPSA) is 29.5 Å². The molecule has 148 valence electrons. The maximum atomic E-state index is 10.2. The van der Waals surface area contributed by atoms with Gasteiger partial charge in [-0.25, -0.2) is 0 Å². The summed E-state index contributed by atoms with van der Waals surface area (Å²) in [4.78, 5) is 0. The van der Waals surface area contributed by atoms with Crippen molar-refractivity contribution in [3.63, 3.8) is 0 Å². The first-order valence-electron chi connectivity index (χ1n) is 10.4. The van der Waals surface area contributed by atoms with Crippen molar-refractivity contribution in [2.24, 2.45) is 5.92 Å². The molecule has 0 aliphatic carbocycles. The number of aromatic hydroxyl groups is 1. The Morgan fingerprint density at radius 1 is 1.18 bits per heavy atom. The number of fused-ring (bicyclic) bond motifs is 1. The van der Waals surface area contributed by atoms with Crippen LogP contribution in [0.2, 0.25) is 0 Å². The van der Waals surface area contributed by atoms with Gasteiger partial charge in [0, 0.05) is 5.39 Å². The van der Waals surface area contributed by atoms with Crippen LogP contribution in [0, 0.1) is 5.92 Å². The Morgan fingerprint density at radius 2 is 1.93 bits per heavy atom. The Kier molecular flexibility index (Phi) is 6.74. The normalized spacial score (nSPS) is 17.4. The van der Waals surface area contributed by atoms with Gasteiger partial charge in [0.25, 0.3) is 0 Å². The quantitative estimate of drug-likeness (QED) is 0.535. The van der Waals surface area contributed by atoms with Gasteiger partial charge in [0.1, 0.15) is 5.75 Å². The molecule has 2 heteroatoms. The predicted molar refractivity (Wildman–Crippen MR) is 120 cm³/mol. The van der Waals surface area contributed by atoms with Crippen molar-refractivity contribution in [2.75, 3.05) is 6.61 Å². The molecular formula is C26H32O2. The van der Waals surface area contributed by atoms with Crippen LogP contribution in [0.1, 0.15) is 52.0 Å². The van der Waals surface area contributed by atoms with E-state index >= 15 is 0 Å². The van der Waals surface area contributed by atoms with Gasteiger partial charge in [0.15, 0.2) is 0 Å². The number of hydrogen-bond acceptors (Lipinski definition) is 2. The zero-order valence-corrected chi connectivity index (χ0v) is 17.4. The minimum atomic E-state index is 0.159. The molecule has 1 N–H and O–H groups in total. The van der Waals surface area contributed by atoms with Gasteiger partial charge in [-0.1, -0.05) is 81.8 Å². The molecule has 1 atom stereocenters. The molecule has 28 heavy (non-hydrogen) atoms. The number of benzene rings is 2. The van der Waals surface area contributed by atoms with Gasteiger partial charge in [-0.15, -0.1) is 0 Å². The van der Waals surface area contributed by atoms with Gasteiger partial charge in [-0.2, -0.15) is 0 Å². The van der Waals surface area contributed by atoms with E-state index in [1.54, 1.807) is 6.07 Å². The van der Waals surface area contributed by atoms with E-state index in [-0.39, 0.29) is 6.10 Å². The molecule has 0 amide bonds. The third-order valence-electron chi connectivity index (χ3n) is 5.61. The monoisotopic (exact) mass is 376 g/mol. The highest BCUT2D eigenvalue weighted by atomic mass is 16.5. The van der Waals surface area contributed by atoms with Crippen LogP contribution in [0.25, 0.3) is 16.8 Å². The number of hydrogen-bond donors (Lipinski definition) is 1. The van der Waals surface area contributed by atoms with Crippen LogP contribution >= 0.6 is 0 Å². The Hall–Kier alpha value is -2.32. The first-order valence-corrected chi connectivity index (χ1v) is 10.4. The minimum Gasteiger partial charge on any atom is -0.507 e. The second-order valence-electron chi connectivity index (χ2n) is 7.97. The Labute approximate surface area is 169 Å². The fraction of sp³-hybridized carbons (Fsp3) is 0.385. The molecule has 1 heterocycles. The number of phenolic OH excluding ortho intramolecular Hbond substituents is 1. The summed E-state index contributed by atoms with van der Waals surface area (Å²) in [5, 5.41) is 12.2. The van der Waals surface area contributed by atoms with Crippen LogP contribution in [0.5, 0.6) is 5.75 Å². The number of rotatable bonds is 8. The lowest BCUT2D eigenvalue weighted by atomic mass is 9.90. The molecule has 2 aromatic rings. The standard InChI is InChI=1S/C26H32O2/c1-5-8-20(11-14-26-22(15-16-28-26)19(4)18(2)3)17-21-12-13-25(27)24-10-7-6-9-23(21)24/h6-7,9-10,12-13,15,17-18,26-27H,4-5,8,11,14,16H2,1-3H3/b20-17+. The smallest absolute Gasteiger partial charge is 0.123 e. The maximum absolute atomic E-state index is 10.2. The van der Waals surface area contributed by atoms with E-state index in [1.807, 2.05) is 24.3 Å². The summed E-state index contributed by atoms with van der Waals surface area (Å²) in [5.41, 5.74) is 5.10. The summed E-state index contributed by atoms with van der Waals surface area (Å²) in [5.74, 6) is 0.788. The average Bonchev–Trinajstić information content (AvgIpc) is 3.16. The molecule has 1 aliphatic heterocycles. The Balaban J connectivity index is 1.80. The van der Waals surface area contributed by atoms with Crippen LogP contribution < -0.4 is 0 Å². The second-order valence-corrected chi connectivity index (χ2v) is 7.97. The first-order chi connectivity index (χ1) is 13.5. The van der Waals surface area contributed by atoms with E-state index in [4.69, 9.17) is 4.74 Å². The third kappa shape index (κ3) is 4.56.